The second kappa shape index (κ2) is 4.73. The predicted octanol–water partition coefficient (Wildman–Crippen LogP) is 0.695. The van der Waals surface area contributed by atoms with E-state index in [0.29, 0.717) is 0 Å². The molecule has 0 aromatic heterocycles. The molecule has 0 fully saturated rings. The van der Waals surface area contributed by atoms with Crippen LogP contribution in [-0.4, -0.2) is 18.4 Å². The molecule has 0 radical (unpaired) electrons. The Bertz CT molecular complexity index is 149. The van der Waals surface area contributed by atoms with Crippen LogP contribution < -0.4 is 0 Å². The fourth-order valence-electron chi connectivity index (χ4n) is 0.397. The minimum atomic E-state index is -0.364. The summed E-state index contributed by atoms with van der Waals surface area (Å²) in [6.45, 7) is 4.73. The molecule has 0 atom stereocenters. The van der Waals surface area contributed by atoms with Crippen LogP contribution in [0.15, 0.2) is 12.7 Å². The van der Waals surface area contributed by atoms with Gasteiger partial charge in [-0.1, -0.05) is 6.58 Å². The van der Waals surface area contributed by atoms with Crippen molar-refractivity contribution in [3.63, 3.8) is 0 Å². The molecule has 3 nitrogen and oxygen atoms in total. The van der Waals surface area contributed by atoms with Crippen molar-refractivity contribution < 1.29 is 14.3 Å². The molecule has 0 spiro atoms. The number of ketones is 1. The van der Waals surface area contributed by atoms with Gasteiger partial charge in [-0.2, -0.15) is 0 Å². The van der Waals surface area contributed by atoms with Gasteiger partial charge in [-0.05, 0) is 6.08 Å². The lowest BCUT2D eigenvalue weighted by molar-refractivity contribution is -0.141. The van der Waals surface area contributed by atoms with Crippen molar-refractivity contribution >= 4 is 11.8 Å². The minimum Gasteiger partial charge on any atom is -0.465 e. The third-order valence-corrected chi connectivity index (χ3v) is 0.881. The summed E-state index contributed by atoms with van der Waals surface area (Å²) >= 11 is 0. The molecular weight excluding hydrogens is 132 g/mol. The lowest BCUT2D eigenvalue weighted by Gasteiger charge is -1.96. The normalized spacial score (nSPS) is 8.50. The van der Waals surface area contributed by atoms with E-state index in [1.165, 1.54) is 13.0 Å². The summed E-state index contributed by atoms with van der Waals surface area (Å²) in [4.78, 5) is 20.6. The van der Waals surface area contributed by atoms with E-state index >= 15 is 0 Å². The Morgan fingerprint density at radius 2 is 2.20 bits per heavy atom. The van der Waals surface area contributed by atoms with Crippen molar-refractivity contribution in [2.45, 2.75) is 13.3 Å². The van der Waals surface area contributed by atoms with Gasteiger partial charge in [-0.15, -0.1) is 0 Å². The van der Waals surface area contributed by atoms with Gasteiger partial charge in [-0.25, -0.2) is 0 Å². The Kier molecular flexibility index (Phi) is 4.20. The highest BCUT2D eigenvalue weighted by molar-refractivity contribution is 5.89. The molecule has 0 saturated heterocycles. The van der Waals surface area contributed by atoms with Gasteiger partial charge in [-0.3, -0.25) is 9.59 Å². The number of hydrogen-bond acceptors (Lipinski definition) is 3. The van der Waals surface area contributed by atoms with Crippen molar-refractivity contribution in [2.24, 2.45) is 0 Å². The lowest BCUT2D eigenvalue weighted by atomic mass is 10.3. The fraction of sp³-hybridized carbons (Fsp3) is 0.429. The monoisotopic (exact) mass is 142 g/mol. The Morgan fingerprint density at radius 1 is 1.60 bits per heavy atom. The first-order chi connectivity index (χ1) is 4.66. The standard InChI is InChI=1S/C7H10O3/c1-3-7(9)4-5-10-6(2)8/h3H,1,4-5H2,2H3. The van der Waals surface area contributed by atoms with Crippen LogP contribution in [0.5, 0.6) is 0 Å². The zero-order valence-electron chi connectivity index (χ0n) is 5.92. The number of esters is 1. The Hall–Kier alpha value is -1.12. The first-order valence-corrected chi connectivity index (χ1v) is 2.95. The molecule has 0 aliphatic heterocycles. The molecule has 0 heterocycles. The van der Waals surface area contributed by atoms with Crippen LogP contribution in [0, 0.1) is 0 Å². The van der Waals surface area contributed by atoms with Gasteiger partial charge in [0.05, 0.1) is 6.61 Å². The smallest absolute Gasteiger partial charge is 0.302 e. The molecule has 0 aliphatic carbocycles. The van der Waals surface area contributed by atoms with Crippen LogP contribution >= 0.6 is 0 Å². The second-order valence-electron chi connectivity index (χ2n) is 1.76. The molecule has 0 aromatic carbocycles. The summed E-state index contributed by atoms with van der Waals surface area (Å²) in [6, 6.07) is 0. The summed E-state index contributed by atoms with van der Waals surface area (Å²) in [6.07, 6.45) is 1.44. The van der Waals surface area contributed by atoms with Gasteiger partial charge in [0.2, 0.25) is 0 Å². The van der Waals surface area contributed by atoms with Gasteiger partial charge in [0.25, 0.3) is 0 Å². The van der Waals surface area contributed by atoms with Crippen LogP contribution in [0.25, 0.3) is 0 Å². The van der Waals surface area contributed by atoms with Crippen molar-refractivity contribution in [1.29, 1.82) is 0 Å². The quantitative estimate of drug-likeness (QED) is 0.428. The van der Waals surface area contributed by atoms with Crippen LogP contribution in [0.1, 0.15) is 13.3 Å². The average molecular weight is 142 g/mol. The number of hydrogen-bond donors (Lipinski definition) is 0. The molecule has 0 N–H and O–H groups in total. The summed E-state index contributed by atoms with van der Waals surface area (Å²) < 4.78 is 4.51. The molecule has 0 unspecified atom stereocenters. The third kappa shape index (κ3) is 5.03. The zero-order chi connectivity index (χ0) is 7.98. The number of carbonyl (C=O) groups excluding carboxylic acids is 2. The van der Waals surface area contributed by atoms with E-state index in [2.05, 4.69) is 11.3 Å². The van der Waals surface area contributed by atoms with E-state index in [0.717, 1.165) is 0 Å². The van der Waals surface area contributed by atoms with Gasteiger partial charge < -0.3 is 4.74 Å². The molecule has 10 heavy (non-hydrogen) atoms. The fourth-order valence-corrected chi connectivity index (χ4v) is 0.397. The van der Waals surface area contributed by atoms with Crippen molar-refractivity contribution in [3.8, 4) is 0 Å². The summed E-state index contributed by atoms with van der Waals surface area (Å²) in [5, 5.41) is 0. The Labute approximate surface area is 59.7 Å². The molecular formula is C7H10O3. The minimum absolute atomic E-state index is 0.110. The Balaban J connectivity index is 3.28. The van der Waals surface area contributed by atoms with E-state index in [9.17, 15) is 9.59 Å². The van der Waals surface area contributed by atoms with Crippen molar-refractivity contribution in [1.82, 2.24) is 0 Å². The number of ether oxygens (including phenoxy) is 1. The molecule has 0 aromatic rings. The van der Waals surface area contributed by atoms with Crippen LogP contribution in [-0.2, 0) is 14.3 Å². The number of carbonyl (C=O) groups is 2. The number of allylic oxidation sites excluding steroid dienone is 1. The van der Waals surface area contributed by atoms with Crippen molar-refractivity contribution in [2.75, 3.05) is 6.61 Å². The topological polar surface area (TPSA) is 43.4 Å². The molecule has 0 aliphatic rings. The van der Waals surface area contributed by atoms with Crippen LogP contribution in [0.4, 0.5) is 0 Å². The molecule has 0 amide bonds. The first kappa shape index (κ1) is 8.88. The van der Waals surface area contributed by atoms with E-state index in [1.54, 1.807) is 0 Å². The summed E-state index contributed by atoms with van der Waals surface area (Å²) in [5.41, 5.74) is 0. The molecule has 0 bridgehead atoms. The SMILES string of the molecule is C=CC(=O)CCOC(C)=O. The van der Waals surface area contributed by atoms with Gasteiger partial charge in [0.1, 0.15) is 0 Å². The maximum absolute atomic E-state index is 10.5. The number of rotatable bonds is 4. The van der Waals surface area contributed by atoms with E-state index in [4.69, 9.17) is 0 Å². The highest BCUT2D eigenvalue weighted by atomic mass is 16.5. The molecule has 0 saturated carbocycles. The Morgan fingerprint density at radius 3 is 2.60 bits per heavy atom. The van der Waals surface area contributed by atoms with Crippen LogP contribution in [0.2, 0.25) is 0 Å². The van der Waals surface area contributed by atoms with Gasteiger partial charge in [0, 0.05) is 13.3 Å². The zero-order valence-corrected chi connectivity index (χ0v) is 5.92. The highest BCUT2D eigenvalue weighted by Crippen LogP contribution is 1.86. The maximum Gasteiger partial charge on any atom is 0.302 e. The summed E-state index contributed by atoms with van der Waals surface area (Å²) in [7, 11) is 0. The summed E-state index contributed by atoms with van der Waals surface area (Å²) in [5.74, 6) is -0.474. The molecule has 56 valence electrons. The second-order valence-corrected chi connectivity index (χ2v) is 1.76. The maximum atomic E-state index is 10.5. The third-order valence-electron chi connectivity index (χ3n) is 0.881. The van der Waals surface area contributed by atoms with Crippen LogP contribution in [0.3, 0.4) is 0 Å². The van der Waals surface area contributed by atoms with Gasteiger partial charge >= 0.3 is 5.97 Å². The average Bonchev–Trinajstić information content (AvgIpc) is 1.87. The highest BCUT2D eigenvalue weighted by Gasteiger charge is 1.96. The molecule has 3 heteroatoms. The van der Waals surface area contributed by atoms with E-state index in [1.807, 2.05) is 0 Å². The van der Waals surface area contributed by atoms with E-state index < -0.39 is 0 Å². The lowest BCUT2D eigenvalue weighted by Crippen LogP contribution is -2.04. The first-order valence-electron chi connectivity index (χ1n) is 2.95. The van der Waals surface area contributed by atoms with Crippen molar-refractivity contribution in [3.05, 3.63) is 12.7 Å². The van der Waals surface area contributed by atoms with E-state index in [-0.39, 0.29) is 24.8 Å². The largest absolute Gasteiger partial charge is 0.465 e. The predicted molar refractivity (Wildman–Crippen MR) is 36.5 cm³/mol. The van der Waals surface area contributed by atoms with Gasteiger partial charge in [0.15, 0.2) is 5.78 Å². The molecule has 0 rings (SSSR count).